The summed E-state index contributed by atoms with van der Waals surface area (Å²) < 4.78 is 0. The molecule has 96 valence electrons. The van der Waals surface area contributed by atoms with Gasteiger partial charge in [0.1, 0.15) is 5.75 Å². The van der Waals surface area contributed by atoms with Gasteiger partial charge in [0.2, 0.25) is 0 Å². The van der Waals surface area contributed by atoms with E-state index in [0.29, 0.717) is 6.54 Å². The van der Waals surface area contributed by atoms with Crippen LogP contribution in [0.5, 0.6) is 5.75 Å². The molecule has 1 aromatic rings. The van der Waals surface area contributed by atoms with Crippen molar-refractivity contribution < 1.29 is 10.2 Å². The number of rotatable bonds is 6. The SMILES string of the molecule is CCC(O)(CC)CNC(C)c1ccc(O)cc1. The van der Waals surface area contributed by atoms with Gasteiger partial charge in [0.15, 0.2) is 0 Å². The van der Waals surface area contributed by atoms with E-state index in [1.54, 1.807) is 12.1 Å². The predicted octanol–water partition coefficient (Wildman–Crippen LogP) is 2.59. The number of phenols is 1. The maximum atomic E-state index is 10.2. The number of hydrogen-bond acceptors (Lipinski definition) is 3. The Labute approximate surface area is 103 Å². The highest BCUT2D eigenvalue weighted by Crippen LogP contribution is 2.19. The molecule has 1 aromatic carbocycles. The lowest BCUT2D eigenvalue weighted by Crippen LogP contribution is -2.40. The zero-order chi connectivity index (χ0) is 12.9. The first-order valence-electron chi connectivity index (χ1n) is 6.25. The van der Waals surface area contributed by atoms with Crippen LogP contribution < -0.4 is 5.32 Å². The Morgan fingerprint density at radius 3 is 2.18 bits per heavy atom. The van der Waals surface area contributed by atoms with Crippen molar-refractivity contribution in [1.82, 2.24) is 5.32 Å². The average molecular weight is 237 g/mol. The van der Waals surface area contributed by atoms with Crippen molar-refractivity contribution in [3.63, 3.8) is 0 Å². The molecule has 3 nitrogen and oxygen atoms in total. The molecular formula is C14H23NO2. The topological polar surface area (TPSA) is 52.5 Å². The first-order chi connectivity index (χ1) is 8.00. The van der Waals surface area contributed by atoms with E-state index in [9.17, 15) is 10.2 Å². The van der Waals surface area contributed by atoms with Gasteiger partial charge in [-0.2, -0.15) is 0 Å². The number of aromatic hydroxyl groups is 1. The van der Waals surface area contributed by atoms with E-state index < -0.39 is 5.60 Å². The third-order valence-electron chi connectivity index (χ3n) is 3.45. The quantitative estimate of drug-likeness (QED) is 0.713. The fourth-order valence-corrected chi connectivity index (χ4v) is 1.72. The first kappa shape index (κ1) is 14.0. The molecule has 17 heavy (non-hydrogen) atoms. The molecule has 0 spiro atoms. The molecule has 0 heterocycles. The van der Waals surface area contributed by atoms with Crippen molar-refractivity contribution in [3.8, 4) is 5.75 Å². The molecule has 1 unspecified atom stereocenters. The lowest BCUT2D eigenvalue weighted by molar-refractivity contribution is 0.0303. The monoisotopic (exact) mass is 237 g/mol. The molecule has 3 heteroatoms. The Bertz CT molecular complexity index is 331. The van der Waals surface area contributed by atoms with Crippen LogP contribution in [0.15, 0.2) is 24.3 Å². The van der Waals surface area contributed by atoms with Crippen LogP contribution in [0.25, 0.3) is 0 Å². The molecule has 0 amide bonds. The minimum atomic E-state index is -0.620. The summed E-state index contributed by atoms with van der Waals surface area (Å²) in [6.45, 7) is 6.63. The number of phenolic OH excluding ortho intramolecular Hbond substituents is 1. The molecule has 3 N–H and O–H groups in total. The summed E-state index contributed by atoms with van der Waals surface area (Å²) in [5.41, 5.74) is 0.489. The van der Waals surface area contributed by atoms with Gasteiger partial charge in [0.25, 0.3) is 0 Å². The highest BCUT2D eigenvalue weighted by molar-refractivity contribution is 5.27. The van der Waals surface area contributed by atoms with Gasteiger partial charge in [-0.15, -0.1) is 0 Å². The fraction of sp³-hybridized carbons (Fsp3) is 0.571. The van der Waals surface area contributed by atoms with Gasteiger partial charge >= 0.3 is 0 Å². The van der Waals surface area contributed by atoms with E-state index in [0.717, 1.165) is 18.4 Å². The van der Waals surface area contributed by atoms with Gasteiger partial charge in [-0.05, 0) is 37.5 Å². The normalized spacial score (nSPS) is 13.6. The van der Waals surface area contributed by atoms with Crippen molar-refractivity contribution in [2.24, 2.45) is 0 Å². The van der Waals surface area contributed by atoms with Crippen molar-refractivity contribution in [2.75, 3.05) is 6.54 Å². The highest BCUT2D eigenvalue weighted by Gasteiger charge is 2.22. The zero-order valence-electron chi connectivity index (χ0n) is 10.9. The standard InChI is InChI=1S/C14H23NO2/c1-4-14(17,5-2)10-15-11(3)12-6-8-13(16)9-7-12/h6-9,11,15-17H,4-5,10H2,1-3H3. The average Bonchev–Trinajstić information content (AvgIpc) is 2.36. The van der Waals surface area contributed by atoms with E-state index in [1.807, 2.05) is 26.0 Å². The number of aliphatic hydroxyl groups is 1. The van der Waals surface area contributed by atoms with Crippen LogP contribution in [0.1, 0.15) is 45.2 Å². The van der Waals surface area contributed by atoms with Crippen molar-refractivity contribution >= 4 is 0 Å². The maximum Gasteiger partial charge on any atom is 0.115 e. The summed E-state index contributed by atoms with van der Waals surface area (Å²) in [7, 11) is 0. The second-order valence-electron chi connectivity index (χ2n) is 4.63. The van der Waals surface area contributed by atoms with Gasteiger partial charge in [-0.1, -0.05) is 26.0 Å². The lowest BCUT2D eigenvalue weighted by atomic mass is 9.96. The second-order valence-corrected chi connectivity index (χ2v) is 4.63. The molecule has 0 aliphatic rings. The molecule has 0 saturated carbocycles. The molecule has 1 atom stereocenters. The lowest BCUT2D eigenvalue weighted by Gasteiger charge is -2.27. The molecule has 0 aromatic heterocycles. The number of hydrogen-bond donors (Lipinski definition) is 3. The molecule has 0 radical (unpaired) electrons. The minimum Gasteiger partial charge on any atom is -0.508 e. The zero-order valence-corrected chi connectivity index (χ0v) is 10.9. The Balaban J connectivity index is 2.55. The van der Waals surface area contributed by atoms with Gasteiger partial charge in [0.05, 0.1) is 5.60 Å². The molecule has 0 bridgehead atoms. The second kappa shape index (κ2) is 6.03. The minimum absolute atomic E-state index is 0.167. The summed E-state index contributed by atoms with van der Waals surface area (Å²) in [5.74, 6) is 0.277. The predicted molar refractivity (Wildman–Crippen MR) is 70.1 cm³/mol. The van der Waals surface area contributed by atoms with E-state index in [1.165, 1.54) is 0 Å². The first-order valence-corrected chi connectivity index (χ1v) is 6.25. The number of nitrogens with one attached hydrogen (secondary N) is 1. The molecule has 0 fully saturated rings. The third kappa shape index (κ3) is 4.02. The third-order valence-corrected chi connectivity index (χ3v) is 3.45. The van der Waals surface area contributed by atoms with Crippen LogP contribution in [0.3, 0.4) is 0 Å². The molecule has 0 saturated heterocycles. The summed E-state index contributed by atoms with van der Waals surface area (Å²) in [4.78, 5) is 0. The molecule has 0 aliphatic carbocycles. The molecule has 0 aliphatic heterocycles. The van der Waals surface area contributed by atoms with E-state index >= 15 is 0 Å². The Morgan fingerprint density at radius 1 is 1.18 bits per heavy atom. The summed E-state index contributed by atoms with van der Waals surface area (Å²) >= 11 is 0. The van der Waals surface area contributed by atoms with Crippen LogP contribution in [-0.2, 0) is 0 Å². The van der Waals surface area contributed by atoms with Gasteiger partial charge < -0.3 is 15.5 Å². The van der Waals surface area contributed by atoms with Crippen molar-refractivity contribution in [2.45, 2.75) is 45.3 Å². The summed E-state index contributed by atoms with van der Waals surface area (Å²) in [6.07, 6.45) is 1.50. The van der Waals surface area contributed by atoms with Crippen LogP contribution in [0.4, 0.5) is 0 Å². The fourth-order valence-electron chi connectivity index (χ4n) is 1.72. The van der Waals surface area contributed by atoms with Crippen LogP contribution in [0.2, 0.25) is 0 Å². The Hall–Kier alpha value is -1.06. The largest absolute Gasteiger partial charge is 0.508 e. The van der Waals surface area contributed by atoms with E-state index in [2.05, 4.69) is 12.2 Å². The van der Waals surface area contributed by atoms with Crippen LogP contribution >= 0.6 is 0 Å². The van der Waals surface area contributed by atoms with Gasteiger partial charge in [0, 0.05) is 12.6 Å². The van der Waals surface area contributed by atoms with Gasteiger partial charge in [-0.25, -0.2) is 0 Å². The molecular weight excluding hydrogens is 214 g/mol. The molecule has 1 rings (SSSR count). The van der Waals surface area contributed by atoms with Crippen LogP contribution in [0, 0.1) is 0 Å². The Morgan fingerprint density at radius 2 is 1.71 bits per heavy atom. The number of benzene rings is 1. The van der Waals surface area contributed by atoms with E-state index in [4.69, 9.17) is 0 Å². The smallest absolute Gasteiger partial charge is 0.115 e. The summed E-state index contributed by atoms with van der Waals surface area (Å²) in [5, 5.41) is 22.7. The van der Waals surface area contributed by atoms with E-state index in [-0.39, 0.29) is 11.8 Å². The maximum absolute atomic E-state index is 10.2. The highest BCUT2D eigenvalue weighted by atomic mass is 16.3. The van der Waals surface area contributed by atoms with Crippen LogP contribution in [-0.4, -0.2) is 22.4 Å². The van der Waals surface area contributed by atoms with Crippen molar-refractivity contribution in [1.29, 1.82) is 0 Å². The Kier molecular flexibility index (Phi) is 4.97. The summed E-state index contributed by atoms with van der Waals surface area (Å²) in [6, 6.07) is 7.31. The van der Waals surface area contributed by atoms with Crippen molar-refractivity contribution in [3.05, 3.63) is 29.8 Å². The van der Waals surface area contributed by atoms with Gasteiger partial charge in [-0.3, -0.25) is 0 Å².